The van der Waals surface area contributed by atoms with Crippen molar-refractivity contribution in [1.82, 2.24) is 5.43 Å². The van der Waals surface area contributed by atoms with E-state index in [2.05, 4.69) is 17.6 Å². The van der Waals surface area contributed by atoms with Crippen molar-refractivity contribution >= 4 is 11.6 Å². The largest absolute Gasteiger partial charge is 0.271 e. The van der Waals surface area contributed by atoms with Crippen molar-refractivity contribution < 1.29 is 4.39 Å². The third-order valence-electron chi connectivity index (χ3n) is 4.44. The fraction of sp³-hybridized carbons (Fsp3) is 0.294. The Kier molecular flexibility index (Phi) is 3.98. The summed E-state index contributed by atoms with van der Waals surface area (Å²) in [6.45, 7) is 0. The fourth-order valence-electron chi connectivity index (χ4n) is 3.06. The molecule has 1 fully saturated rings. The van der Waals surface area contributed by atoms with Crippen molar-refractivity contribution in [2.24, 2.45) is 5.84 Å². The summed E-state index contributed by atoms with van der Waals surface area (Å²) in [7, 11) is 0. The van der Waals surface area contributed by atoms with Gasteiger partial charge in [-0.05, 0) is 42.5 Å². The molecule has 2 aromatic carbocycles. The normalized spacial score (nSPS) is 17.5. The van der Waals surface area contributed by atoms with Crippen LogP contribution in [0.5, 0.6) is 0 Å². The lowest BCUT2D eigenvalue weighted by molar-refractivity contribution is 0.420. The Morgan fingerprint density at radius 3 is 2.48 bits per heavy atom. The van der Waals surface area contributed by atoms with Gasteiger partial charge in [-0.15, -0.1) is 0 Å². The maximum atomic E-state index is 13.2. The highest BCUT2D eigenvalue weighted by Crippen LogP contribution is 2.51. The molecule has 1 aliphatic carbocycles. The summed E-state index contributed by atoms with van der Waals surface area (Å²) < 4.78 is 13.2. The third kappa shape index (κ3) is 2.82. The third-order valence-corrected chi connectivity index (χ3v) is 4.80. The molecule has 1 atom stereocenters. The van der Waals surface area contributed by atoms with Crippen LogP contribution >= 0.6 is 11.6 Å². The second kappa shape index (κ2) is 5.76. The van der Waals surface area contributed by atoms with Gasteiger partial charge in [0.2, 0.25) is 0 Å². The first-order valence-corrected chi connectivity index (χ1v) is 7.49. The molecule has 2 nitrogen and oxygen atoms in total. The van der Waals surface area contributed by atoms with Crippen molar-refractivity contribution in [2.75, 3.05) is 0 Å². The molecule has 0 spiro atoms. The van der Waals surface area contributed by atoms with Crippen molar-refractivity contribution in [3.05, 3.63) is 70.5 Å². The van der Waals surface area contributed by atoms with Gasteiger partial charge in [0.1, 0.15) is 5.82 Å². The number of hydrogen-bond donors (Lipinski definition) is 2. The summed E-state index contributed by atoms with van der Waals surface area (Å²) in [6.07, 6.45) is 2.89. The number of hydrazine groups is 1. The number of benzene rings is 2. The van der Waals surface area contributed by atoms with Crippen LogP contribution in [0.3, 0.4) is 0 Å². The van der Waals surface area contributed by atoms with Crippen molar-refractivity contribution in [1.29, 1.82) is 0 Å². The van der Waals surface area contributed by atoms with Gasteiger partial charge in [-0.1, -0.05) is 48.0 Å². The van der Waals surface area contributed by atoms with E-state index in [0.717, 1.165) is 18.4 Å². The average Bonchev–Trinajstić information content (AvgIpc) is 3.29. The van der Waals surface area contributed by atoms with Crippen molar-refractivity contribution in [2.45, 2.75) is 30.7 Å². The molecule has 21 heavy (non-hydrogen) atoms. The quantitative estimate of drug-likeness (QED) is 0.654. The fourth-order valence-corrected chi connectivity index (χ4v) is 3.31. The number of halogens is 2. The number of nitrogens with two attached hydrogens (primary N) is 1. The van der Waals surface area contributed by atoms with E-state index in [0.29, 0.717) is 11.4 Å². The topological polar surface area (TPSA) is 38.0 Å². The van der Waals surface area contributed by atoms with Crippen LogP contribution < -0.4 is 11.3 Å². The van der Waals surface area contributed by atoms with Crippen LogP contribution in [-0.4, -0.2) is 6.04 Å². The molecule has 2 aromatic rings. The number of hydrogen-bond acceptors (Lipinski definition) is 2. The summed E-state index contributed by atoms with van der Waals surface area (Å²) in [5, 5.41) is 0.458. The van der Waals surface area contributed by atoms with Crippen LogP contribution in [0.1, 0.15) is 24.0 Å². The van der Waals surface area contributed by atoms with E-state index in [9.17, 15) is 4.39 Å². The van der Waals surface area contributed by atoms with E-state index in [1.165, 1.54) is 17.7 Å². The minimum Gasteiger partial charge on any atom is -0.271 e. The zero-order valence-corrected chi connectivity index (χ0v) is 12.4. The summed E-state index contributed by atoms with van der Waals surface area (Å²) >= 11 is 6.14. The molecule has 1 saturated carbocycles. The summed E-state index contributed by atoms with van der Waals surface area (Å²) in [4.78, 5) is 0. The van der Waals surface area contributed by atoms with Crippen LogP contribution in [0.2, 0.25) is 5.02 Å². The molecular weight excluding hydrogens is 287 g/mol. The van der Waals surface area contributed by atoms with Gasteiger partial charge in [0.25, 0.3) is 0 Å². The van der Waals surface area contributed by atoms with Crippen molar-refractivity contribution in [3.63, 3.8) is 0 Å². The van der Waals surface area contributed by atoms with Gasteiger partial charge in [0, 0.05) is 16.5 Å². The van der Waals surface area contributed by atoms with E-state index in [4.69, 9.17) is 17.4 Å². The second-order valence-corrected chi connectivity index (χ2v) is 6.09. The van der Waals surface area contributed by atoms with Gasteiger partial charge in [-0.25, -0.2) is 4.39 Å². The monoisotopic (exact) mass is 304 g/mol. The van der Waals surface area contributed by atoms with E-state index in [-0.39, 0.29) is 17.3 Å². The molecular formula is C17H18ClFN2. The van der Waals surface area contributed by atoms with Gasteiger partial charge < -0.3 is 0 Å². The number of nitrogens with one attached hydrogen (secondary N) is 1. The maximum absolute atomic E-state index is 13.2. The highest BCUT2D eigenvalue weighted by Gasteiger charge is 2.50. The highest BCUT2D eigenvalue weighted by atomic mass is 35.5. The van der Waals surface area contributed by atoms with E-state index in [1.807, 2.05) is 18.2 Å². The Morgan fingerprint density at radius 1 is 1.19 bits per heavy atom. The molecule has 0 aliphatic heterocycles. The summed E-state index contributed by atoms with van der Waals surface area (Å²) in [5.41, 5.74) is 5.22. The van der Waals surface area contributed by atoms with Crippen LogP contribution in [0, 0.1) is 5.82 Å². The molecule has 0 heterocycles. The molecule has 0 bridgehead atoms. The molecule has 0 saturated heterocycles. The van der Waals surface area contributed by atoms with Gasteiger partial charge in [0.05, 0.1) is 0 Å². The lowest BCUT2D eigenvalue weighted by atomic mass is 9.85. The van der Waals surface area contributed by atoms with Crippen LogP contribution in [-0.2, 0) is 11.8 Å². The maximum Gasteiger partial charge on any atom is 0.124 e. The average molecular weight is 305 g/mol. The molecule has 3 N–H and O–H groups in total. The molecule has 3 rings (SSSR count). The molecule has 1 aliphatic rings. The Hall–Kier alpha value is -1.42. The first-order valence-electron chi connectivity index (χ1n) is 7.11. The van der Waals surface area contributed by atoms with Crippen LogP contribution in [0.15, 0.2) is 48.5 Å². The highest BCUT2D eigenvalue weighted by molar-refractivity contribution is 6.31. The minimum absolute atomic E-state index is 0.0632. The van der Waals surface area contributed by atoms with E-state index in [1.54, 1.807) is 6.07 Å². The Bertz CT molecular complexity index is 626. The first-order chi connectivity index (χ1) is 10.2. The Balaban J connectivity index is 1.86. The zero-order valence-electron chi connectivity index (χ0n) is 11.7. The molecule has 0 radical (unpaired) electrons. The molecule has 0 aromatic heterocycles. The predicted octanol–water partition coefficient (Wildman–Crippen LogP) is 3.59. The first kappa shape index (κ1) is 14.5. The van der Waals surface area contributed by atoms with Crippen LogP contribution in [0.4, 0.5) is 4.39 Å². The summed E-state index contributed by atoms with van der Waals surface area (Å²) in [6, 6.07) is 15.0. The molecule has 4 heteroatoms. The molecule has 110 valence electrons. The molecule has 1 unspecified atom stereocenters. The second-order valence-electron chi connectivity index (χ2n) is 5.68. The van der Waals surface area contributed by atoms with E-state index < -0.39 is 0 Å². The smallest absolute Gasteiger partial charge is 0.124 e. The molecule has 0 amide bonds. The van der Waals surface area contributed by atoms with Crippen LogP contribution in [0.25, 0.3) is 0 Å². The predicted molar refractivity (Wildman–Crippen MR) is 83.6 cm³/mol. The number of rotatable bonds is 5. The summed E-state index contributed by atoms with van der Waals surface area (Å²) in [5.74, 6) is 5.48. The SMILES string of the molecule is NNC(Cc1ccc(F)cc1Cl)C1(c2ccccc2)CC1. The zero-order chi connectivity index (χ0) is 14.9. The standard InChI is InChI=1S/C17H18ClFN2/c18-15-11-14(19)7-6-12(15)10-16(21-20)17(8-9-17)13-4-2-1-3-5-13/h1-7,11,16,21H,8-10,20H2. The van der Waals surface area contributed by atoms with Gasteiger partial charge in [0.15, 0.2) is 0 Å². The Labute approximate surface area is 129 Å². The Morgan fingerprint density at radius 2 is 1.90 bits per heavy atom. The van der Waals surface area contributed by atoms with Gasteiger partial charge in [-0.2, -0.15) is 0 Å². The van der Waals surface area contributed by atoms with Gasteiger partial charge >= 0.3 is 0 Å². The van der Waals surface area contributed by atoms with E-state index >= 15 is 0 Å². The van der Waals surface area contributed by atoms with Gasteiger partial charge in [-0.3, -0.25) is 11.3 Å². The lowest BCUT2D eigenvalue weighted by Gasteiger charge is -2.27. The minimum atomic E-state index is -0.315. The lowest BCUT2D eigenvalue weighted by Crippen LogP contribution is -2.45. The van der Waals surface area contributed by atoms with Crippen molar-refractivity contribution in [3.8, 4) is 0 Å².